The summed E-state index contributed by atoms with van der Waals surface area (Å²) in [5.74, 6) is -0.234. The first-order valence-corrected chi connectivity index (χ1v) is 5.95. The summed E-state index contributed by atoms with van der Waals surface area (Å²) < 4.78 is 0. The van der Waals surface area contributed by atoms with Gasteiger partial charge in [-0.05, 0) is 37.6 Å². The molecule has 1 unspecified atom stereocenters. The second-order valence-corrected chi connectivity index (χ2v) is 4.54. The summed E-state index contributed by atoms with van der Waals surface area (Å²) in [6, 6.07) is 4.75. The van der Waals surface area contributed by atoms with E-state index in [1.54, 1.807) is 30.0 Å². The number of nitrogens with zero attached hydrogens (tertiary/aromatic N) is 1. The third-order valence-electron chi connectivity index (χ3n) is 3.28. The van der Waals surface area contributed by atoms with Gasteiger partial charge in [0.05, 0.1) is 0 Å². The molecule has 0 saturated carbocycles. The number of rotatable bonds is 1. The lowest BCUT2D eigenvalue weighted by molar-refractivity contribution is -0.127. The Morgan fingerprint density at radius 2 is 2.22 bits per heavy atom. The van der Waals surface area contributed by atoms with E-state index in [1.807, 2.05) is 6.92 Å². The highest BCUT2D eigenvalue weighted by Crippen LogP contribution is 2.16. The van der Waals surface area contributed by atoms with Crippen LogP contribution in [-0.2, 0) is 4.79 Å². The van der Waals surface area contributed by atoms with E-state index < -0.39 is 6.04 Å². The van der Waals surface area contributed by atoms with Crippen molar-refractivity contribution in [1.82, 2.24) is 10.2 Å². The van der Waals surface area contributed by atoms with Gasteiger partial charge < -0.3 is 16.0 Å². The van der Waals surface area contributed by atoms with Gasteiger partial charge in [-0.1, -0.05) is 0 Å². The van der Waals surface area contributed by atoms with Crippen LogP contribution in [0.2, 0.25) is 0 Å². The zero-order chi connectivity index (χ0) is 13.3. The number of aryl methyl sites for hydroxylation is 1. The minimum atomic E-state index is -0.427. The number of amides is 2. The van der Waals surface area contributed by atoms with Crippen molar-refractivity contribution in [2.45, 2.75) is 19.9 Å². The minimum absolute atomic E-state index is 0.109. The molecule has 2 amide bonds. The summed E-state index contributed by atoms with van der Waals surface area (Å²) in [4.78, 5) is 25.4. The first-order valence-electron chi connectivity index (χ1n) is 5.95. The fraction of sp³-hybridized carbons (Fsp3) is 0.385. The molecule has 5 heteroatoms. The molecule has 1 aromatic rings. The van der Waals surface area contributed by atoms with E-state index >= 15 is 0 Å². The number of nitrogen functional groups attached to an aromatic ring is 1. The number of carbonyl (C=O) groups is 2. The number of anilines is 1. The SMILES string of the molecule is Cc1cc(C(=O)N2CCNC(=O)C2C)ccc1N. The van der Waals surface area contributed by atoms with Gasteiger partial charge in [0, 0.05) is 24.3 Å². The third kappa shape index (κ3) is 2.16. The van der Waals surface area contributed by atoms with E-state index in [0.717, 1.165) is 5.56 Å². The Labute approximate surface area is 106 Å². The standard InChI is InChI=1S/C13H17N3O2/c1-8-7-10(3-4-11(8)14)13(18)16-6-5-15-12(17)9(16)2/h3-4,7,9H,5-6,14H2,1-2H3,(H,15,17). The molecule has 0 radical (unpaired) electrons. The zero-order valence-corrected chi connectivity index (χ0v) is 10.6. The van der Waals surface area contributed by atoms with Crippen LogP contribution in [-0.4, -0.2) is 35.8 Å². The maximum atomic E-state index is 12.3. The first kappa shape index (κ1) is 12.4. The minimum Gasteiger partial charge on any atom is -0.399 e. The van der Waals surface area contributed by atoms with E-state index in [1.165, 1.54) is 0 Å². The maximum absolute atomic E-state index is 12.3. The first-order chi connectivity index (χ1) is 8.50. The predicted molar refractivity (Wildman–Crippen MR) is 69.1 cm³/mol. The van der Waals surface area contributed by atoms with E-state index in [9.17, 15) is 9.59 Å². The Bertz CT molecular complexity index is 499. The van der Waals surface area contributed by atoms with E-state index in [2.05, 4.69) is 5.32 Å². The lowest BCUT2D eigenvalue weighted by atomic mass is 10.1. The molecule has 1 aliphatic rings. The number of carbonyl (C=O) groups excluding carboxylic acids is 2. The average Bonchev–Trinajstić information content (AvgIpc) is 2.35. The molecule has 1 heterocycles. The molecule has 2 rings (SSSR count). The maximum Gasteiger partial charge on any atom is 0.254 e. The molecule has 1 aliphatic heterocycles. The van der Waals surface area contributed by atoms with Gasteiger partial charge in [-0.15, -0.1) is 0 Å². The van der Waals surface area contributed by atoms with Gasteiger partial charge >= 0.3 is 0 Å². The van der Waals surface area contributed by atoms with Crippen molar-refractivity contribution in [1.29, 1.82) is 0 Å². The molecular weight excluding hydrogens is 230 g/mol. The van der Waals surface area contributed by atoms with Gasteiger partial charge in [0.25, 0.3) is 5.91 Å². The lowest BCUT2D eigenvalue weighted by Crippen LogP contribution is -2.55. The van der Waals surface area contributed by atoms with Gasteiger partial charge in [-0.2, -0.15) is 0 Å². The van der Waals surface area contributed by atoms with Crippen LogP contribution in [0, 0.1) is 6.92 Å². The monoisotopic (exact) mass is 247 g/mol. The largest absolute Gasteiger partial charge is 0.399 e. The second kappa shape index (κ2) is 4.68. The smallest absolute Gasteiger partial charge is 0.254 e. The molecular formula is C13H17N3O2. The number of hydrogen-bond donors (Lipinski definition) is 2. The molecule has 1 saturated heterocycles. The van der Waals surface area contributed by atoms with Crippen LogP contribution in [0.4, 0.5) is 5.69 Å². The Morgan fingerprint density at radius 1 is 1.50 bits per heavy atom. The van der Waals surface area contributed by atoms with Crippen molar-refractivity contribution >= 4 is 17.5 Å². The molecule has 96 valence electrons. The summed E-state index contributed by atoms with van der Waals surface area (Å²) in [6.07, 6.45) is 0. The molecule has 18 heavy (non-hydrogen) atoms. The van der Waals surface area contributed by atoms with Crippen molar-refractivity contribution in [3.05, 3.63) is 29.3 Å². The van der Waals surface area contributed by atoms with Gasteiger partial charge in [-0.25, -0.2) is 0 Å². The third-order valence-corrected chi connectivity index (χ3v) is 3.28. The van der Waals surface area contributed by atoms with Crippen molar-refractivity contribution < 1.29 is 9.59 Å². The summed E-state index contributed by atoms with van der Waals surface area (Å²) in [5, 5.41) is 2.74. The second-order valence-electron chi connectivity index (χ2n) is 4.54. The van der Waals surface area contributed by atoms with Crippen LogP contribution < -0.4 is 11.1 Å². The fourth-order valence-electron chi connectivity index (χ4n) is 2.03. The Hall–Kier alpha value is -2.04. The molecule has 0 aromatic heterocycles. The fourth-order valence-corrected chi connectivity index (χ4v) is 2.03. The van der Waals surface area contributed by atoms with E-state index in [4.69, 9.17) is 5.73 Å². The highest BCUT2D eigenvalue weighted by atomic mass is 16.2. The van der Waals surface area contributed by atoms with Gasteiger partial charge in [0.1, 0.15) is 6.04 Å². The number of benzene rings is 1. The van der Waals surface area contributed by atoms with Crippen LogP contribution >= 0.6 is 0 Å². The quantitative estimate of drug-likeness (QED) is 0.711. The summed E-state index contributed by atoms with van der Waals surface area (Å²) in [5.41, 5.74) is 7.83. The molecule has 0 spiro atoms. The normalized spacial score (nSPS) is 19.6. The number of hydrogen-bond acceptors (Lipinski definition) is 3. The molecule has 0 bridgehead atoms. The highest BCUT2D eigenvalue weighted by Gasteiger charge is 2.29. The zero-order valence-electron chi connectivity index (χ0n) is 10.6. The van der Waals surface area contributed by atoms with E-state index in [0.29, 0.717) is 24.3 Å². The Balaban J connectivity index is 2.25. The number of piperazine rings is 1. The molecule has 3 N–H and O–H groups in total. The molecule has 1 fully saturated rings. The molecule has 5 nitrogen and oxygen atoms in total. The van der Waals surface area contributed by atoms with Crippen LogP contribution in [0.15, 0.2) is 18.2 Å². The average molecular weight is 247 g/mol. The number of nitrogens with two attached hydrogens (primary N) is 1. The van der Waals surface area contributed by atoms with Crippen LogP contribution in [0.1, 0.15) is 22.8 Å². The highest BCUT2D eigenvalue weighted by molar-refractivity contribution is 5.98. The van der Waals surface area contributed by atoms with Gasteiger partial charge in [0.2, 0.25) is 5.91 Å². The Morgan fingerprint density at radius 3 is 2.89 bits per heavy atom. The van der Waals surface area contributed by atoms with Crippen LogP contribution in [0.3, 0.4) is 0 Å². The summed E-state index contributed by atoms with van der Waals surface area (Å²) >= 11 is 0. The van der Waals surface area contributed by atoms with Crippen molar-refractivity contribution in [2.24, 2.45) is 0 Å². The topological polar surface area (TPSA) is 75.4 Å². The van der Waals surface area contributed by atoms with Crippen LogP contribution in [0.25, 0.3) is 0 Å². The van der Waals surface area contributed by atoms with Crippen molar-refractivity contribution in [3.63, 3.8) is 0 Å². The van der Waals surface area contributed by atoms with Crippen LogP contribution in [0.5, 0.6) is 0 Å². The lowest BCUT2D eigenvalue weighted by Gasteiger charge is -2.32. The van der Waals surface area contributed by atoms with Crippen molar-refractivity contribution in [2.75, 3.05) is 18.8 Å². The van der Waals surface area contributed by atoms with Gasteiger partial charge in [0.15, 0.2) is 0 Å². The van der Waals surface area contributed by atoms with Crippen molar-refractivity contribution in [3.8, 4) is 0 Å². The predicted octanol–water partition coefficient (Wildman–Crippen LogP) is 0.538. The summed E-state index contributed by atoms with van der Waals surface area (Å²) in [6.45, 7) is 4.63. The summed E-state index contributed by atoms with van der Waals surface area (Å²) in [7, 11) is 0. The number of nitrogens with one attached hydrogen (secondary N) is 1. The molecule has 1 atom stereocenters. The molecule has 0 aliphatic carbocycles. The van der Waals surface area contributed by atoms with Gasteiger partial charge in [-0.3, -0.25) is 9.59 Å². The molecule has 1 aromatic carbocycles. The Kier molecular flexibility index (Phi) is 3.23. The van der Waals surface area contributed by atoms with E-state index in [-0.39, 0.29) is 11.8 Å².